The van der Waals surface area contributed by atoms with E-state index in [-0.39, 0.29) is 0 Å². The number of aromatic amines is 1. The smallest absolute Gasteiger partial charge is 0.157 e. The normalized spacial score (nSPS) is 10.4. The molecule has 14 heavy (non-hydrogen) atoms. The minimum absolute atomic E-state index is 0.456. The van der Waals surface area contributed by atoms with Crippen LogP contribution in [0.1, 0.15) is 5.69 Å². The highest BCUT2D eigenvalue weighted by Crippen LogP contribution is 2.22. The average Bonchev–Trinajstić information content (AvgIpc) is 2.67. The van der Waals surface area contributed by atoms with Crippen LogP contribution in [0, 0.1) is 0 Å². The van der Waals surface area contributed by atoms with E-state index >= 15 is 0 Å². The maximum atomic E-state index is 5.48. The summed E-state index contributed by atoms with van der Waals surface area (Å²) in [4.78, 5) is 11.5. The SMILES string of the molecule is NCc1cnc(-c2ncccc2Br)[nH]1. The molecule has 0 radical (unpaired) electrons. The second-order valence-corrected chi connectivity index (χ2v) is 3.65. The molecular weight excluding hydrogens is 244 g/mol. The van der Waals surface area contributed by atoms with Crippen molar-refractivity contribution in [3.63, 3.8) is 0 Å². The van der Waals surface area contributed by atoms with E-state index in [1.165, 1.54) is 0 Å². The van der Waals surface area contributed by atoms with E-state index in [4.69, 9.17) is 5.73 Å². The Kier molecular flexibility index (Phi) is 2.60. The number of hydrogen-bond donors (Lipinski definition) is 2. The van der Waals surface area contributed by atoms with E-state index in [9.17, 15) is 0 Å². The number of nitrogens with two attached hydrogens (primary N) is 1. The van der Waals surface area contributed by atoms with Gasteiger partial charge in [0, 0.05) is 29.1 Å². The van der Waals surface area contributed by atoms with Crippen LogP contribution < -0.4 is 5.73 Å². The zero-order valence-electron chi connectivity index (χ0n) is 7.37. The van der Waals surface area contributed by atoms with E-state index in [1.54, 1.807) is 12.4 Å². The van der Waals surface area contributed by atoms with Gasteiger partial charge in [0.25, 0.3) is 0 Å². The van der Waals surface area contributed by atoms with Crippen LogP contribution in [-0.4, -0.2) is 15.0 Å². The Balaban J connectivity index is 2.44. The summed E-state index contributed by atoms with van der Waals surface area (Å²) in [6.45, 7) is 0.456. The van der Waals surface area contributed by atoms with Crippen molar-refractivity contribution in [2.45, 2.75) is 6.54 Å². The number of H-pyrrole nitrogens is 1. The van der Waals surface area contributed by atoms with Crippen molar-refractivity contribution in [3.8, 4) is 11.5 Å². The van der Waals surface area contributed by atoms with E-state index < -0.39 is 0 Å². The van der Waals surface area contributed by atoms with Crippen molar-refractivity contribution in [1.82, 2.24) is 15.0 Å². The van der Waals surface area contributed by atoms with Gasteiger partial charge in [-0.2, -0.15) is 0 Å². The molecule has 0 spiro atoms. The Morgan fingerprint density at radius 1 is 1.43 bits per heavy atom. The maximum Gasteiger partial charge on any atom is 0.157 e. The molecule has 0 bridgehead atoms. The number of nitrogens with zero attached hydrogens (tertiary/aromatic N) is 2. The van der Waals surface area contributed by atoms with Gasteiger partial charge in [0.15, 0.2) is 5.82 Å². The van der Waals surface area contributed by atoms with E-state index in [1.807, 2.05) is 12.1 Å². The molecule has 0 unspecified atom stereocenters. The highest BCUT2D eigenvalue weighted by atomic mass is 79.9. The third kappa shape index (κ3) is 1.69. The molecule has 2 heterocycles. The second kappa shape index (κ2) is 3.89. The van der Waals surface area contributed by atoms with Crippen LogP contribution >= 0.6 is 15.9 Å². The molecule has 2 aromatic rings. The number of nitrogens with one attached hydrogen (secondary N) is 1. The number of rotatable bonds is 2. The van der Waals surface area contributed by atoms with Crippen LogP contribution in [0.2, 0.25) is 0 Å². The summed E-state index contributed by atoms with van der Waals surface area (Å²) < 4.78 is 0.915. The molecule has 72 valence electrons. The summed E-state index contributed by atoms with van der Waals surface area (Å²) in [5, 5.41) is 0. The molecule has 0 atom stereocenters. The summed E-state index contributed by atoms with van der Waals surface area (Å²) >= 11 is 3.41. The first-order chi connectivity index (χ1) is 6.81. The zero-order chi connectivity index (χ0) is 9.97. The number of pyridine rings is 1. The second-order valence-electron chi connectivity index (χ2n) is 2.80. The summed E-state index contributed by atoms with van der Waals surface area (Å²) in [5.41, 5.74) is 7.17. The molecule has 0 aliphatic rings. The highest BCUT2D eigenvalue weighted by Gasteiger charge is 2.07. The summed E-state index contributed by atoms with van der Waals surface area (Å²) in [5.74, 6) is 0.734. The molecule has 0 aromatic carbocycles. The van der Waals surface area contributed by atoms with Gasteiger partial charge in [0.1, 0.15) is 5.69 Å². The van der Waals surface area contributed by atoms with E-state index in [0.29, 0.717) is 6.54 Å². The standard InChI is InChI=1S/C9H9BrN4/c10-7-2-1-3-12-8(7)9-13-5-6(4-11)14-9/h1-3,5H,4,11H2,(H,13,14). The molecule has 2 aromatic heterocycles. The van der Waals surface area contributed by atoms with Gasteiger partial charge in [-0.15, -0.1) is 0 Å². The Morgan fingerprint density at radius 2 is 2.29 bits per heavy atom. The van der Waals surface area contributed by atoms with Crippen molar-refractivity contribution in [2.24, 2.45) is 5.73 Å². The van der Waals surface area contributed by atoms with Crippen LogP contribution in [0.4, 0.5) is 0 Å². The van der Waals surface area contributed by atoms with Crippen LogP contribution in [0.5, 0.6) is 0 Å². The van der Waals surface area contributed by atoms with Gasteiger partial charge >= 0.3 is 0 Å². The topological polar surface area (TPSA) is 67.6 Å². The van der Waals surface area contributed by atoms with Gasteiger partial charge in [-0.3, -0.25) is 4.98 Å². The Labute approximate surface area is 89.7 Å². The number of aromatic nitrogens is 3. The van der Waals surface area contributed by atoms with Crippen LogP contribution in [0.15, 0.2) is 29.0 Å². The van der Waals surface area contributed by atoms with Gasteiger partial charge in [0.2, 0.25) is 0 Å². The zero-order valence-corrected chi connectivity index (χ0v) is 8.95. The van der Waals surface area contributed by atoms with Crippen molar-refractivity contribution in [1.29, 1.82) is 0 Å². The predicted octanol–water partition coefficient (Wildman–Crippen LogP) is 1.69. The third-order valence-electron chi connectivity index (χ3n) is 1.83. The quantitative estimate of drug-likeness (QED) is 0.855. The number of hydrogen-bond acceptors (Lipinski definition) is 3. The molecule has 5 heteroatoms. The first-order valence-corrected chi connectivity index (χ1v) is 4.95. The molecule has 4 nitrogen and oxygen atoms in total. The van der Waals surface area contributed by atoms with Crippen LogP contribution in [0.3, 0.4) is 0 Å². The van der Waals surface area contributed by atoms with Gasteiger partial charge in [-0.1, -0.05) is 0 Å². The maximum absolute atomic E-state index is 5.48. The fourth-order valence-corrected chi connectivity index (χ4v) is 1.59. The average molecular weight is 253 g/mol. The molecule has 0 fully saturated rings. The summed E-state index contributed by atoms with van der Waals surface area (Å²) in [7, 11) is 0. The molecule has 0 saturated heterocycles. The fourth-order valence-electron chi connectivity index (χ4n) is 1.14. The molecular formula is C9H9BrN4. The van der Waals surface area contributed by atoms with Crippen LogP contribution in [-0.2, 0) is 6.54 Å². The first-order valence-electron chi connectivity index (χ1n) is 4.16. The van der Waals surface area contributed by atoms with Gasteiger partial charge in [0.05, 0.1) is 0 Å². The van der Waals surface area contributed by atoms with E-state index in [0.717, 1.165) is 21.7 Å². The summed E-state index contributed by atoms with van der Waals surface area (Å²) in [6.07, 6.45) is 3.45. The third-order valence-corrected chi connectivity index (χ3v) is 2.47. The minimum atomic E-state index is 0.456. The molecule has 0 aliphatic carbocycles. The molecule has 0 aliphatic heterocycles. The lowest BCUT2D eigenvalue weighted by Gasteiger charge is -1.97. The van der Waals surface area contributed by atoms with Crippen LogP contribution in [0.25, 0.3) is 11.5 Å². The van der Waals surface area contributed by atoms with Crippen molar-refractivity contribution in [2.75, 3.05) is 0 Å². The van der Waals surface area contributed by atoms with Gasteiger partial charge in [-0.05, 0) is 28.1 Å². The predicted molar refractivity (Wildman–Crippen MR) is 57.4 cm³/mol. The number of halogens is 1. The largest absolute Gasteiger partial charge is 0.339 e. The van der Waals surface area contributed by atoms with Crippen molar-refractivity contribution >= 4 is 15.9 Å². The van der Waals surface area contributed by atoms with Gasteiger partial charge in [-0.25, -0.2) is 4.98 Å². The summed E-state index contributed by atoms with van der Waals surface area (Å²) in [6, 6.07) is 3.79. The van der Waals surface area contributed by atoms with Gasteiger partial charge < -0.3 is 10.7 Å². The van der Waals surface area contributed by atoms with E-state index in [2.05, 4.69) is 30.9 Å². The molecule has 0 amide bonds. The molecule has 0 saturated carbocycles. The lowest BCUT2D eigenvalue weighted by Crippen LogP contribution is -1.96. The Hall–Kier alpha value is -1.20. The number of imidazole rings is 1. The monoisotopic (exact) mass is 252 g/mol. The molecule has 3 N–H and O–H groups in total. The lowest BCUT2D eigenvalue weighted by molar-refractivity contribution is 1.01. The lowest BCUT2D eigenvalue weighted by atomic mass is 10.3. The Bertz CT molecular complexity index is 438. The van der Waals surface area contributed by atoms with Crippen molar-refractivity contribution in [3.05, 3.63) is 34.7 Å². The first kappa shape index (κ1) is 9.36. The van der Waals surface area contributed by atoms with Crippen molar-refractivity contribution < 1.29 is 0 Å². The molecule has 2 rings (SSSR count). The highest BCUT2D eigenvalue weighted by molar-refractivity contribution is 9.10. The Morgan fingerprint density at radius 3 is 2.93 bits per heavy atom. The fraction of sp³-hybridized carbons (Fsp3) is 0.111. The minimum Gasteiger partial charge on any atom is -0.339 e.